The third kappa shape index (κ3) is 3.13. The number of ether oxygens (including phenoxy) is 1. The van der Waals surface area contributed by atoms with Gasteiger partial charge in [0.05, 0.1) is 13.2 Å². The van der Waals surface area contributed by atoms with Gasteiger partial charge in [0, 0.05) is 7.05 Å². The molecule has 15 heavy (non-hydrogen) atoms. The van der Waals surface area contributed by atoms with Gasteiger partial charge in [-0.2, -0.15) is 5.26 Å². The second-order valence-electron chi connectivity index (χ2n) is 3.15. The van der Waals surface area contributed by atoms with Crippen molar-refractivity contribution in [2.75, 3.05) is 13.7 Å². The van der Waals surface area contributed by atoms with Gasteiger partial charge in [0.2, 0.25) is 0 Å². The molecule has 1 aromatic carbocycles. The number of hydrogen-bond acceptors (Lipinski definition) is 3. The van der Waals surface area contributed by atoms with Crippen LogP contribution in [-0.2, 0) is 6.54 Å². The summed E-state index contributed by atoms with van der Waals surface area (Å²) >= 11 is 0. The summed E-state index contributed by atoms with van der Waals surface area (Å²) in [5.41, 5.74) is 0.750. The second-order valence-corrected chi connectivity index (χ2v) is 3.15. The highest BCUT2D eigenvalue weighted by Gasteiger charge is 2.05. The normalized spacial score (nSPS) is 9.47. The van der Waals surface area contributed by atoms with E-state index in [2.05, 4.69) is 0 Å². The summed E-state index contributed by atoms with van der Waals surface area (Å²) in [7, 11) is 1.65. The van der Waals surface area contributed by atoms with Crippen LogP contribution < -0.4 is 4.74 Å². The molecule has 0 spiro atoms. The van der Waals surface area contributed by atoms with E-state index < -0.39 is 0 Å². The van der Waals surface area contributed by atoms with E-state index in [1.807, 2.05) is 6.19 Å². The molecule has 1 rings (SSSR count). The lowest BCUT2D eigenvalue weighted by atomic mass is 10.2. The first-order valence-corrected chi connectivity index (χ1v) is 4.69. The van der Waals surface area contributed by atoms with Crippen molar-refractivity contribution >= 4 is 0 Å². The monoisotopic (exact) mass is 208 g/mol. The van der Waals surface area contributed by atoms with Crippen LogP contribution in [0.15, 0.2) is 18.2 Å². The molecule has 0 unspecified atom stereocenters. The predicted octanol–water partition coefficient (Wildman–Crippen LogP) is 2.14. The fraction of sp³-hybridized carbons (Fsp3) is 0.364. The van der Waals surface area contributed by atoms with Crippen molar-refractivity contribution < 1.29 is 9.13 Å². The lowest BCUT2D eigenvalue weighted by Crippen LogP contribution is -2.10. The van der Waals surface area contributed by atoms with Crippen LogP contribution in [0.25, 0.3) is 0 Å². The van der Waals surface area contributed by atoms with Gasteiger partial charge in [-0.1, -0.05) is 6.07 Å². The summed E-state index contributed by atoms with van der Waals surface area (Å²) in [5, 5.41) is 8.56. The van der Waals surface area contributed by atoms with Gasteiger partial charge in [-0.3, -0.25) is 0 Å². The summed E-state index contributed by atoms with van der Waals surface area (Å²) in [6.07, 6.45) is 1.95. The van der Waals surface area contributed by atoms with Crippen molar-refractivity contribution in [1.82, 2.24) is 4.90 Å². The molecular formula is C11H13FN2O. The van der Waals surface area contributed by atoms with Gasteiger partial charge in [0.1, 0.15) is 0 Å². The molecule has 0 radical (unpaired) electrons. The Morgan fingerprint density at radius 1 is 1.53 bits per heavy atom. The minimum atomic E-state index is -0.388. The number of hydrogen-bond donors (Lipinski definition) is 0. The molecule has 0 aromatic heterocycles. The van der Waals surface area contributed by atoms with Crippen LogP contribution in [0.2, 0.25) is 0 Å². The number of benzene rings is 1. The molecule has 0 aliphatic rings. The van der Waals surface area contributed by atoms with Crippen molar-refractivity contribution in [2.24, 2.45) is 0 Å². The molecule has 0 bridgehead atoms. The third-order valence-corrected chi connectivity index (χ3v) is 1.89. The van der Waals surface area contributed by atoms with Gasteiger partial charge in [0.15, 0.2) is 17.8 Å². The van der Waals surface area contributed by atoms with Crippen LogP contribution in [-0.4, -0.2) is 18.6 Å². The van der Waals surface area contributed by atoms with E-state index in [1.54, 1.807) is 26.1 Å². The van der Waals surface area contributed by atoms with Crippen LogP contribution >= 0.6 is 0 Å². The summed E-state index contributed by atoms with van der Waals surface area (Å²) < 4.78 is 18.4. The van der Waals surface area contributed by atoms with Crippen molar-refractivity contribution in [3.8, 4) is 11.9 Å². The molecule has 4 heteroatoms. The Balaban J connectivity index is 2.78. The molecule has 0 fully saturated rings. The molecular weight excluding hydrogens is 195 g/mol. The molecule has 80 valence electrons. The topological polar surface area (TPSA) is 36.3 Å². The Labute approximate surface area is 88.7 Å². The summed E-state index contributed by atoms with van der Waals surface area (Å²) in [6, 6.07) is 4.72. The zero-order chi connectivity index (χ0) is 11.3. The summed E-state index contributed by atoms with van der Waals surface area (Å²) in [4.78, 5) is 1.43. The lowest BCUT2D eigenvalue weighted by molar-refractivity contribution is 0.321. The first-order valence-electron chi connectivity index (χ1n) is 4.69. The van der Waals surface area contributed by atoms with Gasteiger partial charge in [-0.25, -0.2) is 4.39 Å². The van der Waals surface area contributed by atoms with Gasteiger partial charge in [-0.05, 0) is 24.6 Å². The van der Waals surface area contributed by atoms with E-state index in [0.29, 0.717) is 13.2 Å². The zero-order valence-corrected chi connectivity index (χ0v) is 8.83. The van der Waals surface area contributed by atoms with Gasteiger partial charge < -0.3 is 9.64 Å². The standard InChI is InChI=1S/C11H13FN2O/c1-3-15-11-5-4-9(6-10(11)12)7-14(2)8-13/h4-6H,3,7H2,1-2H3. The molecule has 0 saturated carbocycles. The first-order chi connectivity index (χ1) is 7.17. The average Bonchev–Trinajstić information content (AvgIpc) is 2.22. The predicted molar refractivity (Wildman–Crippen MR) is 54.6 cm³/mol. The van der Waals surface area contributed by atoms with Crippen LogP contribution in [0.1, 0.15) is 12.5 Å². The minimum absolute atomic E-state index is 0.251. The largest absolute Gasteiger partial charge is 0.491 e. The number of nitrogens with zero attached hydrogens (tertiary/aromatic N) is 2. The van der Waals surface area contributed by atoms with Crippen LogP contribution in [0.3, 0.4) is 0 Å². The van der Waals surface area contributed by atoms with Gasteiger partial charge in [0.25, 0.3) is 0 Å². The van der Waals surface area contributed by atoms with E-state index in [0.717, 1.165) is 5.56 Å². The molecule has 3 nitrogen and oxygen atoms in total. The fourth-order valence-corrected chi connectivity index (χ4v) is 1.22. The Morgan fingerprint density at radius 2 is 2.27 bits per heavy atom. The smallest absolute Gasteiger partial charge is 0.179 e. The van der Waals surface area contributed by atoms with Crippen molar-refractivity contribution in [3.05, 3.63) is 29.6 Å². The highest BCUT2D eigenvalue weighted by molar-refractivity contribution is 5.29. The lowest BCUT2D eigenvalue weighted by Gasteiger charge is -2.10. The minimum Gasteiger partial charge on any atom is -0.491 e. The maximum atomic E-state index is 13.4. The zero-order valence-electron chi connectivity index (χ0n) is 8.83. The van der Waals surface area contributed by atoms with Crippen molar-refractivity contribution in [2.45, 2.75) is 13.5 Å². The molecule has 0 heterocycles. The summed E-state index contributed by atoms with van der Waals surface area (Å²) in [6.45, 7) is 2.64. The molecule has 0 N–H and O–H groups in total. The highest BCUT2D eigenvalue weighted by Crippen LogP contribution is 2.18. The number of rotatable bonds is 4. The van der Waals surface area contributed by atoms with Gasteiger partial charge in [-0.15, -0.1) is 0 Å². The Hall–Kier alpha value is -1.76. The van der Waals surface area contributed by atoms with E-state index in [9.17, 15) is 4.39 Å². The van der Waals surface area contributed by atoms with E-state index in [1.165, 1.54) is 11.0 Å². The number of nitriles is 1. The SMILES string of the molecule is CCOc1ccc(CN(C)C#N)cc1F. The molecule has 0 saturated heterocycles. The Bertz CT molecular complexity index is 373. The maximum Gasteiger partial charge on any atom is 0.179 e. The van der Waals surface area contributed by atoms with Gasteiger partial charge >= 0.3 is 0 Å². The number of halogens is 1. The second kappa shape index (κ2) is 5.20. The fourth-order valence-electron chi connectivity index (χ4n) is 1.22. The molecule has 0 aliphatic carbocycles. The molecule has 0 amide bonds. The van der Waals surface area contributed by atoms with Crippen molar-refractivity contribution in [1.29, 1.82) is 5.26 Å². The first kappa shape index (κ1) is 11.3. The van der Waals surface area contributed by atoms with Crippen LogP contribution in [0, 0.1) is 17.3 Å². The van der Waals surface area contributed by atoms with Crippen molar-refractivity contribution in [3.63, 3.8) is 0 Å². The van der Waals surface area contributed by atoms with E-state index in [-0.39, 0.29) is 11.6 Å². The third-order valence-electron chi connectivity index (χ3n) is 1.89. The Morgan fingerprint density at radius 3 is 2.80 bits per heavy atom. The Kier molecular flexibility index (Phi) is 3.92. The maximum absolute atomic E-state index is 13.4. The highest BCUT2D eigenvalue weighted by atomic mass is 19.1. The molecule has 1 aromatic rings. The average molecular weight is 208 g/mol. The van der Waals surface area contributed by atoms with E-state index in [4.69, 9.17) is 10.00 Å². The molecule has 0 aliphatic heterocycles. The van der Waals surface area contributed by atoms with E-state index >= 15 is 0 Å². The summed E-state index contributed by atoms with van der Waals surface area (Å²) in [5.74, 6) is -0.137. The van der Waals surface area contributed by atoms with Crippen LogP contribution in [0.4, 0.5) is 4.39 Å². The molecule has 0 atom stereocenters. The van der Waals surface area contributed by atoms with Crippen LogP contribution in [0.5, 0.6) is 5.75 Å². The quantitative estimate of drug-likeness (QED) is 0.561.